The Hall–Kier alpha value is -2.17. The largest absolute Gasteiger partial charge is 0.493 e. The minimum Gasteiger partial charge on any atom is -0.493 e. The number of benzene rings is 1. The monoisotopic (exact) mass is 246 g/mol. The fourth-order valence-electron chi connectivity index (χ4n) is 2.42. The molecule has 5 nitrogen and oxygen atoms in total. The lowest BCUT2D eigenvalue weighted by Gasteiger charge is -2.11. The number of aromatic nitrogens is 2. The van der Waals surface area contributed by atoms with Gasteiger partial charge in [0.2, 0.25) is 5.88 Å². The number of hydrogen-bond acceptors (Lipinski definition) is 3. The molecule has 1 unspecified atom stereocenters. The number of aromatic hydroxyl groups is 1. The fraction of sp³-hybridized carbons (Fsp3) is 0.308. The summed E-state index contributed by atoms with van der Waals surface area (Å²) >= 11 is 0. The van der Waals surface area contributed by atoms with Crippen molar-refractivity contribution in [3.05, 3.63) is 46.0 Å². The van der Waals surface area contributed by atoms with E-state index in [9.17, 15) is 9.90 Å². The van der Waals surface area contributed by atoms with Crippen LogP contribution < -0.4 is 10.4 Å². The van der Waals surface area contributed by atoms with Crippen molar-refractivity contribution in [1.82, 2.24) is 9.97 Å². The molecular weight excluding hydrogens is 232 g/mol. The van der Waals surface area contributed by atoms with E-state index in [1.165, 1.54) is 0 Å². The van der Waals surface area contributed by atoms with Crippen LogP contribution in [-0.2, 0) is 6.42 Å². The van der Waals surface area contributed by atoms with Crippen molar-refractivity contribution in [3.63, 3.8) is 0 Å². The molecule has 1 aliphatic rings. The smallest absolute Gasteiger partial charge is 0.325 e. The third-order valence-electron chi connectivity index (χ3n) is 3.31. The highest BCUT2D eigenvalue weighted by Crippen LogP contribution is 2.33. The lowest BCUT2D eigenvalue weighted by molar-refractivity contribution is 0.308. The maximum Gasteiger partial charge on any atom is 0.325 e. The molecule has 3 N–H and O–H groups in total. The summed E-state index contributed by atoms with van der Waals surface area (Å²) in [6.45, 7) is 0.578. The van der Waals surface area contributed by atoms with E-state index in [1.54, 1.807) is 0 Å². The summed E-state index contributed by atoms with van der Waals surface area (Å²) in [5.41, 5.74) is 1.29. The Labute approximate surface area is 103 Å². The summed E-state index contributed by atoms with van der Waals surface area (Å²) in [6, 6.07) is 7.85. The highest BCUT2D eigenvalue weighted by atomic mass is 16.5. The maximum atomic E-state index is 11.2. The van der Waals surface area contributed by atoms with Crippen LogP contribution in [0.4, 0.5) is 0 Å². The van der Waals surface area contributed by atoms with Gasteiger partial charge in [-0.3, -0.25) is 4.98 Å². The van der Waals surface area contributed by atoms with E-state index in [-0.39, 0.29) is 17.5 Å². The molecule has 94 valence electrons. The van der Waals surface area contributed by atoms with Crippen LogP contribution in [0.1, 0.15) is 23.6 Å². The van der Waals surface area contributed by atoms with E-state index in [0.717, 1.165) is 24.2 Å². The Morgan fingerprint density at radius 1 is 1.28 bits per heavy atom. The van der Waals surface area contributed by atoms with Gasteiger partial charge in [-0.2, -0.15) is 0 Å². The van der Waals surface area contributed by atoms with Crippen molar-refractivity contribution in [2.75, 3.05) is 6.61 Å². The zero-order valence-electron chi connectivity index (χ0n) is 9.77. The van der Waals surface area contributed by atoms with Crippen LogP contribution in [0, 0.1) is 0 Å². The fourth-order valence-corrected chi connectivity index (χ4v) is 2.42. The Bertz CT molecular complexity index is 615. The van der Waals surface area contributed by atoms with E-state index in [4.69, 9.17) is 4.74 Å². The molecule has 0 radical (unpaired) electrons. The summed E-state index contributed by atoms with van der Waals surface area (Å²) in [5, 5.41) is 9.70. The summed E-state index contributed by atoms with van der Waals surface area (Å²) in [4.78, 5) is 16.2. The van der Waals surface area contributed by atoms with Gasteiger partial charge in [-0.1, -0.05) is 18.2 Å². The third kappa shape index (κ3) is 1.88. The highest BCUT2D eigenvalue weighted by Gasteiger charge is 2.23. The Balaban J connectivity index is 1.96. The summed E-state index contributed by atoms with van der Waals surface area (Å²) < 4.78 is 5.66. The van der Waals surface area contributed by atoms with Crippen LogP contribution in [0.15, 0.2) is 29.1 Å². The molecule has 0 spiro atoms. The molecule has 1 aliphatic heterocycles. The average Bonchev–Trinajstić information content (AvgIpc) is 2.59. The van der Waals surface area contributed by atoms with Crippen molar-refractivity contribution in [3.8, 4) is 11.6 Å². The number of nitrogens with one attached hydrogen (secondary N) is 2. The number of fused-ring (bicyclic) bond motifs is 1. The molecule has 0 amide bonds. The van der Waals surface area contributed by atoms with Crippen LogP contribution in [0.2, 0.25) is 0 Å². The molecule has 1 atom stereocenters. The van der Waals surface area contributed by atoms with E-state index in [2.05, 4.69) is 9.97 Å². The lowest BCUT2D eigenvalue weighted by Crippen LogP contribution is -2.07. The summed E-state index contributed by atoms with van der Waals surface area (Å²) in [7, 11) is 0. The Morgan fingerprint density at radius 3 is 2.89 bits per heavy atom. The maximum absolute atomic E-state index is 11.2. The van der Waals surface area contributed by atoms with Gasteiger partial charge in [0.15, 0.2) is 0 Å². The van der Waals surface area contributed by atoms with E-state index in [1.807, 2.05) is 24.3 Å². The number of imidazole rings is 1. The molecule has 0 aliphatic carbocycles. The molecular formula is C13H14N2O3. The molecule has 0 bridgehead atoms. The second-order valence-corrected chi connectivity index (χ2v) is 4.49. The van der Waals surface area contributed by atoms with Gasteiger partial charge in [0.25, 0.3) is 0 Å². The van der Waals surface area contributed by atoms with Crippen molar-refractivity contribution in [2.45, 2.75) is 18.8 Å². The first kappa shape index (κ1) is 11.0. The number of hydrogen-bond donors (Lipinski definition) is 3. The lowest BCUT2D eigenvalue weighted by atomic mass is 9.94. The van der Waals surface area contributed by atoms with Gasteiger partial charge < -0.3 is 14.8 Å². The van der Waals surface area contributed by atoms with Gasteiger partial charge in [-0.15, -0.1) is 0 Å². The van der Waals surface area contributed by atoms with Crippen LogP contribution >= 0.6 is 0 Å². The van der Waals surface area contributed by atoms with E-state index < -0.39 is 0 Å². The zero-order chi connectivity index (χ0) is 12.5. The van der Waals surface area contributed by atoms with Crippen molar-refractivity contribution < 1.29 is 9.84 Å². The van der Waals surface area contributed by atoms with E-state index >= 15 is 0 Å². The van der Waals surface area contributed by atoms with Gasteiger partial charge in [-0.25, -0.2) is 4.79 Å². The normalized spacial score (nSPS) is 18.8. The second-order valence-electron chi connectivity index (χ2n) is 4.49. The van der Waals surface area contributed by atoms with E-state index in [0.29, 0.717) is 12.3 Å². The third-order valence-corrected chi connectivity index (χ3v) is 3.31. The van der Waals surface area contributed by atoms with Gasteiger partial charge in [0.1, 0.15) is 5.75 Å². The standard InChI is InChI=1S/C13H14N2O3/c16-12-11(14-13(17)15-12)9-5-6-18-10-4-2-1-3-8(10)7-9/h1-4,9,16H,5-7H2,(H2,14,15,17). The predicted octanol–water partition coefficient (Wildman–Crippen LogP) is 1.52. The number of H-pyrrole nitrogens is 2. The van der Waals surface area contributed by atoms with Crippen molar-refractivity contribution >= 4 is 0 Å². The molecule has 0 fully saturated rings. The molecule has 5 heteroatoms. The highest BCUT2D eigenvalue weighted by molar-refractivity contribution is 5.36. The van der Waals surface area contributed by atoms with Crippen LogP contribution in [0.5, 0.6) is 11.6 Å². The minimum absolute atomic E-state index is 0.0626. The Morgan fingerprint density at radius 2 is 2.11 bits per heavy atom. The first-order chi connectivity index (χ1) is 8.74. The van der Waals surface area contributed by atoms with Gasteiger partial charge in [0, 0.05) is 5.92 Å². The van der Waals surface area contributed by atoms with Crippen molar-refractivity contribution in [1.29, 1.82) is 0 Å². The summed E-state index contributed by atoms with van der Waals surface area (Å²) in [6.07, 6.45) is 1.51. The number of aromatic amines is 2. The van der Waals surface area contributed by atoms with Gasteiger partial charge in [0.05, 0.1) is 12.3 Å². The number of ether oxygens (including phenoxy) is 1. The molecule has 2 aromatic rings. The predicted molar refractivity (Wildman–Crippen MR) is 66.1 cm³/mol. The molecule has 1 aromatic carbocycles. The van der Waals surface area contributed by atoms with Crippen LogP contribution in [-0.4, -0.2) is 21.7 Å². The minimum atomic E-state index is -0.374. The number of para-hydroxylation sites is 1. The second kappa shape index (κ2) is 4.25. The molecule has 18 heavy (non-hydrogen) atoms. The molecule has 0 saturated carbocycles. The van der Waals surface area contributed by atoms with Crippen molar-refractivity contribution in [2.24, 2.45) is 0 Å². The van der Waals surface area contributed by atoms with Crippen LogP contribution in [0.3, 0.4) is 0 Å². The Kier molecular flexibility index (Phi) is 2.59. The summed E-state index contributed by atoms with van der Waals surface area (Å²) in [5.74, 6) is 0.884. The molecule has 1 aromatic heterocycles. The van der Waals surface area contributed by atoms with Gasteiger partial charge >= 0.3 is 5.69 Å². The average molecular weight is 246 g/mol. The van der Waals surface area contributed by atoms with Gasteiger partial charge in [-0.05, 0) is 24.5 Å². The van der Waals surface area contributed by atoms with Crippen LogP contribution in [0.25, 0.3) is 0 Å². The quantitative estimate of drug-likeness (QED) is 0.713. The molecule has 0 saturated heterocycles. The number of rotatable bonds is 1. The SMILES string of the molecule is O=c1[nH]c(O)c(C2CCOc3ccccc3C2)[nH]1. The first-order valence-electron chi connectivity index (χ1n) is 5.96. The zero-order valence-corrected chi connectivity index (χ0v) is 9.77. The molecule has 3 rings (SSSR count). The topological polar surface area (TPSA) is 78.1 Å². The molecule has 2 heterocycles. The first-order valence-corrected chi connectivity index (χ1v) is 5.96.